The molecule has 1 fully saturated rings. The van der Waals surface area contributed by atoms with Crippen molar-refractivity contribution in [3.8, 4) is 0 Å². The predicted octanol–water partition coefficient (Wildman–Crippen LogP) is -0.412. The molecule has 80 valence electrons. The zero-order chi connectivity index (χ0) is 10.7. The average molecular weight is 220 g/mol. The fourth-order valence-electron chi connectivity index (χ4n) is 1.08. The Morgan fingerprint density at radius 2 is 1.93 bits per heavy atom. The molecule has 1 heterocycles. The molecule has 0 unspecified atom stereocenters. The van der Waals surface area contributed by atoms with E-state index in [4.69, 9.17) is 21.9 Å². The quantitative estimate of drug-likeness (QED) is 0.467. The Labute approximate surface area is 88.1 Å². The van der Waals surface area contributed by atoms with Crippen LogP contribution in [0.25, 0.3) is 0 Å². The molecule has 0 aliphatic carbocycles. The summed E-state index contributed by atoms with van der Waals surface area (Å²) in [5, 5.41) is 2.90. The molecule has 0 saturated carbocycles. The molecule has 0 N–H and O–H groups in total. The first-order chi connectivity index (χ1) is 6.54. The number of carbonyl (C=O) groups is 1. The summed E-state index contributed by atoms with van der Waals surface area (Å²) in [7, 11) is 4.95. The Kier molecular flexibility index (Phi) is 3.87. The van der Waals surface area contributed by atoms with Gasteiger partial charge in [-0.3, -0.25) is 0 Å². The van der Waals surface area contributed by atoms with Gasteiger partial charge in [-0.1, -0.05) is 5.01 Å². The molecular formula is C7H14N3O3S+. The van der Waals surface area contributed by atoms with Gasteiger partial charge in [-0.05, 0) is 0 Å². The van der Waals surface area contributed by atoms with Crippen LogP contribution in [-0.2, 0) is 21.9 Å². The van der Waals surface area contributed by atoms with Crippen LogP contribution >= 0.6 is 0 Å². The van der Waals surface area contributed by atoms with Crippen molar-refractivity contribution in [1.29, 1.82) is 0 Å². The van der Waals surface area contributed by atoms with Gasteiger partial charge in [-0.2, -0.15) is 4.79 Å². The van der Waals surface area contributed by atoms with Crippen molar-refractivity contribution < 1.29 is 18.2 Å². The predicted molar refractivity (Wildman–Crippen MR) is 50.2 cm³/mol. The normalized spacial score (nSPS) is 17.4. The molecule has 7 heteroatoms. The van der Waals surface area contributed by atoms with Gasteiger partial charge in [0.1, 0.15) is 12.4 Å². The molecule has 0 spiro atoms. The molecule has 0 aromatic carbocycles. The molecule has 2 amide bonds. The molecule has 1 aliphatic rings. The number of urea groups is 1. The Morgan fingerprint density at radius 1 is 1.43 bits per heavy atom. The summed E-state index contributed by atoms with van der Waals surface area (Å²) in [5.41, 5.74) is 0. The molecule has 0 aromatic rings. The number of hydrogen-bond donors (Lipinski definition) is 0. The molecule has 1 aliphatic heterocycles. The van der Waals surface area contributed by atoms with Gasteiger partial charge < -0.3 is 9.47 Å². The Hall–Kier alpha value is -0.630. The molecule has 0 atom stereocenters. The Balaban J connectivity index is 2.72. The molecule has 6 nitrogen and oxygen atoms in total. The highest BCUT2D eigenvalue weighted by Gasteiger charge is 2.39. The number of ether oxygens (including phenoxy) is 2. The van der Waals surface area contributed by atoms with E-state index in [2.05, 4.69) is 0 Å². The van der Waals surface area contributed by atoms with Crippen LogP contribution in [0.4, 0.5) is 4.79 Å². The number of hydrogen-bond acceptors (Lipinski definition) is 5. The van der Waals surface area contributed by atoms with E-state index >= 15 is 0 Å². The van der Waals surface area contributed by atoms with Gasteiger partial charge in [0.15, 0.2) is 0 Å². The van der Waals surface area contributed by atoms with Gasteiger partial charge in [0.2, 0.25) is 0 Å². The van der Waals surface area contributed by atoms with Crippen molar-refractivity contribution >= 4 is 18.5 Å². The fraction of sp³-hybridized carbons (Fsp3) is 0.857. The summed E-state index contributed by atoms with van der Waals surface area (Å²) >= 11 is 4.74. The summed E-state index contributed by atoms with van der Waals surface area (Å²) in [6.07, 6.45) is -0.664. The lowest BCUT2D eigenvalue weighted by atomic mass is 10.8. The van der Waals surface area contributed by atoms with Crippen LogP contribution in [0.2, 0.25) is 0 Å². The average Bonchev–Trinajstić information content (AvgIpc) is 2.56. The van der Waals surface area contributed by atoms with Crippen LogP contribution in [0.1, 0.15) is 0 Å². The van der Waals surface area contributed by atoms with Crippen molar-refractivity contribution in [2.24, 2.45) is 0 Å². The topological polar surface area (TPSA) is 45.0 Å². The molecule has 0 bridgehead atoms. The van der Waals surface area contributed by atoms with Gasteiger partial charge in [0, 0.05) is 14.1 Å². The first kappa shape index (κ1) is 11.4. The van der Waals surface area contributed by atoms with Crippen molar-refractivity contribution in [3.05, 3.63) is 0 Å². The lowest BCUT2D eigenvalue weighted by Gasteiger charge is -2.23. The van der Waals surface area contributed by atoms with Crippen LogP contribution in [0.5, 0.6) is 0 Å². The molecule has 1 saturated heterocycles. The lowest BCUT2D eigenvalue weighted by Crippen LogP contribution is -2.51. The largest absolute Gasteiger partial charge is 0.528 e. The van der Waals surface area contributed by atoms with E-state index in [0.717, 1.165) is 3.95 Å². The van der Waals surface area contributed by atoms with Crippen molar-refractivity contribution in [3.63, 3.8) is 0 Å². The highest BCUT2D eigenvalue weighted by molar-refractivity contribution is 7.44. The lowest BCUT2D eigenvalue weighted by molar-refractivity contribution is -0.392. The van der Waals surface area contributed by atoms with E-state index in [-0.39, 0.29) is 6.03 Å². The Bertz CT molecular complexity index is 240. The van der Waals surface area contributed by atoms with Crippen LogP contribution in [0.15, 0.2) is 0 Å². The standard InChI is InChI=1S/C7H14N3O3S/c1-8(2)10(6(11)9(3)14)7-12-4-5-13-7/h7H,4-5H2,1-3H3/q+1. The Morgan fingerprint density at radius 3 is 2.29 bits per heavy atom. The zero-order valence-corrected chi connectivity index (χ0v) is 9.28. The maximum atomic E-state index is 11.6. The minimum absolute atomic E-state index is 0.350. The SMILES string of the molecule is CN(C)N(C(=O)[N+](C)=S)C1OCCO1. The van der Waals surface area contributed by atoms with Crippen LogP contribution < -0.4 is 0 Å². The summed E-state index contributed by atoms with van der Waals surface area (Å²) in [6, 6.07) is -0.350. The maximum Gasteiger partial charge on any atom is 0.528 e. The minimum Gasteiger partial charge on any atom is -0.313 e. The number of rotatable bonds is 2. The maximum absolute atomic E-state index is 11.6. The smallest absolute Gasteiger partial charge is 0.313 e. The number of nitrogens with zero attached hydrogens (tertiary/aromatic N) is 3. The zero-order valence-electron chi connectivity index (χ0n) is 8.47. The second kappa shape index (κ2) is 4.74. The highest BCUT2D eigenvalue weighted by Crippen LogP contribution is 2.11. The van der Waals surface area contributed by atoms with E-state index in [1.165, 1.54) is 12.1 Å². The van der Waals surface area contributed by atoms with Crippen molar-refractivity contribution in [1.82, 2.24) is 10.0 Å². The molecular weight excluding hydrogens is 206 g/mol. The number of carbonyl (C=O) groups excluding carboxylic acids is 1. The van der Waals surface area contributed by atoms with Crippen molar-refractivity contribution in [2.45, 2.75) is 6.41 Å². The van der Waals surface area contributed by atoms with E-state index in [9.17, 15) is 4.79 Å². The van der Waals surface area contributed by atoms with E-state index in [1.54, 1.807) is 19.1 Å². The van der Waals surface area contributed by atoms with Gasteiger partial charge in [0.05, 0.1) is 20.3 Å². The fourth-order valence-corrected chi connectivity index (χ4v) is 1.16. The van der Waals surface area contributed by atoms with Crippen molar-refractivity contribution in [2.75, 3.05) is 34.4 Å². The number of hydrazine groups is 1. The molecule has 14 heavy (non-hydrogen) atoms. The summed E-state index contributed by atoms with van der Waals surface area (Å²) in [4.78, 5) is 11.6. The third-order valence-corrected chi connectivity index (χ3v) is 1.86. The second-order valence-electron chi connectivity index (χ2n) is 3.02. The van der Waals surface area contributed by atoms with Crippen LogP contribution in [0, 0.1) is 0 Å². The van der Waals surface area contributed by atoms with Gasteiger partial charge in [0.25, 0.3) is 0 Å². The van der Waals surface area contributed by atoms with Gasteiger partial charge >= 0.3 is 12.4 Å². The summed E-state index contributed by atoms with van der Waals surface area (Å²) in [5.74, 6) is 0. The molecule has 0 aromatic heterocycles. The third-order valence-electron chi connectivity index (χ3n) is 1.70. The summed E-state index contributed by atoms with van der Waals surface area (Å²) in [6.45, 7) is 0.979. The van der Waals surface area contributed by atoms with Gasteiger partial charge in [-0.15, -0.1) is 8.95 Å². The van der Waals surface area contributed by atoms with E-state index in [1.807, 2.05) is 0 Å². The molecule has 0 radical (unpaired) electrons. The second-order valence-corrected chi connectivity index (χ2v) is 3.57. The first-order valence-electron chi connectivity index (χ1n) is 4.18. The minimum atomic E-state index is -0.664. The monoisotopic (exact) mass is 220 g/mol. The third kappa shape index (κ3) is 2.44. The first-order valence-corrected chi connectivity index (χ1v) is 4.55. The van der Waals surface area contributed by atoms with E-state index in [0.29, 0.717) is 13.2 Å². The van der Waals surface area contributed by atoms with E-state index < -0.39 is 6.41 Å². The van der Waals surface area contributed by atoms with Gasteiger partial charge in [-0.25, -0.2) is 0 Å². The highest BCUT2D eigenvalue weighted by atomic mass is 32.1. The number of amides is 2. The molecule has 1 rings (SSSR count). The van der Waals surface area contributed by atoms with Crippen LogP contribution in [0.3, 0.4) is 0 Å². The summed E-state index contributed by atoms with van der Waals surface area (Å²) < 4.78 is 11.5. The van der Waals surface area contributed by atoms with Crippen LogP contribution in [-0.4, -0.2) is 60.8 Å².